The first-order valence-electron chi connectivity index (χ1n) is 7.67. The Labute approximate surface area is 132 Å². The van der Waals surface area contributed by atoms with Gasteiger partial charge in [-0.05, 0) is 24.5 Å². The van der Waals surface area contributed by atoms with Crippen LogP contribution in [0.15, 0.2) is 41.3 Å². The Balaban J connectivity index is 1.72. The van der Waals surface area contributed by atoms with E-state index in [4.69, 9.17) is 0 Å². The molecule has 1 fully saturated rings. The van der Waals surface area contributed by atoms with Crippen LogP contribution in [0.25, 0.3) is 0 Å². The van der Waals surface area contributed by atoms with E-state index in [0.29, 0.717) is 31.4 Å². The van der Waals surface area contributed by atoms with E-state index in [-0.39, 0.29) is 22.1 Å². The van der Waals surface area contributed by atoms with Gasteiger partial charge in [0.1, 0.15) is 0 Å². The number of nitrogens with zero attached hydrogens (tertiary/aromatic N) is 4. The normalized spacial score (nSPS) is 22.5. The minimum absolute atomic E-state index is 0.0365. The number of rotatable bonds is 2. The van der Waals surface area contributed by atoms with Crippen LogP contribution in [0.5, 0.6) is 0 Å². The minimum Gasteiger partial charge on any atom is -0.350 e. The Bertz CT molecular complexity index is 832. The highest BCUT2D eigenvalue weighted by Crippen LogP contribution is 2.38. The molecule has 0 amide bonds. The molecule has 2 aliphatic heterocycles. The fourth-order valence-corrected chi connectivity index (χ4v) is 3.84. The van der Waals surface area contributed by atoms with E-state index in [1.165, 1.54) is 6.07 Å². The molecule has 0 N–H and O–H groups in total. The molecule has 2 unspecified atom stereocenters. The number of nitro groups is 1. The Morgan fingerprint density at radius 3 is 2.87 bits per heavy atom. The lowest BCUT2D eigenvalue weighted by atomic mass is 9.83. The molecule has 2 atom stereocenters. The van der Waals surface area contributed by atoms with Gasteiger partial charge in [-0.3, -0.25) is 14.9 Å². The zero-order valence-corrected chi connectivity index (χ0v) is 12.5. The van der Waals surface area contributed by atoms with Crippen LogP contribution in [-0.2, 0) is 6.54 Å². The molecular formula is C16H16N4O3. The lowest BCUT2D eigenvalue weighted by Crippen LogP contribution is -2.47. The molecule has 0 saturated carbocycles. The monoisotopic (exact) mass is 312 g/mol. The molecule has 0 aliphatic carbocycles. The number of anilines is 1. The average Bonchev–Trinajstić information content (AvgIpc) is 2.56. The minimum atomic E-state index is -0.384. The van der Waals surface area contributed by atoms with Crippen LogP contribution in [0.2, 0.25) is 0 Å². The highest BCUT2D eigenvalue weighted by atomic mass is 16.6. The van der Waals surface area contributed by atoms with Crippen LogP contribution in [-0.4, -0.2) is 27.6 Å². The first kappa shape index (κ1) is 13.9. The Morgan fingerprint density at radius 2 is 2.04 bits per heavy atom. The lowest BCUT2D eigenvalue weighted by Gasteiger charge is -2.42. The number of fused-ring (bicyclic) bond motifs is 4. The largest absolute Gasteiger partial charge is 0.350 e. The fraction of sp³-hybridized carbons (Fsp3) is 0.375. The molecule has 4 heterocycles. The van der Waals surface area contributed by atoms with Crippen LogP contribution in [0.3, 0.4) is 0 Å². The van der Waals surface area contributed by atoms with Crippen LogP contribution >= 0.6 is 0 Å². The molecule has 118 valence electrons. The second kappa shape index (κ2) is 5.19. The van der Waals surface area contributed by atoms with Crippen LogP contribution in [0.1, 0.15) is 18.0 Å². The maximum atomic E-state index is 12.0. The number of pyridine rings is 2. The molecule has 0 spiro atoms. The van der Waals surface area contributed by atoms with Crippen molar-refractivity contribution in [3.63, 3.8) is 0 Å². The van der Waals surface area contributed by atoms with Crippen molar-refractivity contribution < 1.29 is 4.92 Å². The number of piperidine rings is 1. The lowest BCUT2D eigenvalue weighted by molar-refractivity contribution is -0.384. The van der Waals surface area contributed by atoms with Crippen molar-refractivity contribution in [2.45, 2.75) is 18.9 Å². The van der Waals surface area contributed by atoms with Gasteiger partial charge in [0, 0.05) is 49.6 Å². The smallest absolute Gasteiger partial charge is 0.311 e. The highest BCUT2D eigenvalue weighted by Gasteiger charge is 2.36. The van der Waals surface area contributed by atoms with E-state index in [1.54, 1.807) is 24.4 Å². The Hall–Kier alpha value is -2.70. The molecule has 23 heavy (non-hydrogen) atoms. The van der Waals surface area contributed by atoms with Crippen molar-refractivity contribution in [1.82, 2.24) is 9.55 Å². The third-order valence-electron chi connectivity index (χ3n) is 4.74. The molecule has 0 radical (unpaired) electrons. The summed E-state index contributed by atoms with van der Waals surface area (Å²) in [5, 5.41) is 11.2. The van der Waals surface area contributed by atoms with Gasteiger partial charge in [-0.2, -0.15) is 0 Å². The first-order valence-corrected chi connectivity index (χ1v) is 7.67. The van der Waals surface area contributed by atoms with Crippen LogP contribution < -0.4 is 10.5 Å². The van der Waals surface area contributed by atoms with Crippen molar-refractivity contribution in [1.29, 1.82) is 0 Å². The average molecular weight is 312 g/mol. The summed E-state index contributed by atoms with van der Waals surface area (Å²) in [6.07, 6.45) is 2.60. The maximum absolute atomic E-state index is 12.0. The third-order valence-corrected chi connectivity index (χ3v) is 4.74. The van der Waals surface area contributed by atoms with Gasteiger partial charge in [0.25, 0.3) is 5.56 Å². The van der Waals surface area contributed by atoms with E-state index >= 15 is 0 Å². The predicted molar refractivity (Wildman–Crippen MR) is 84.7 cm³/mol. The predicted octanol–water partition coefficient (Wildman–Crippen LogP) is 1.78. The first-order chi connectivity index (χ1) is 11.1. The summed E-state index contributed by atoms with van der Waals surface area (Å²) in [4.78, 5) is 29.1. The van der Waals surface area contributed by atoms with Gasteiger partial charge in [-0.25, -0.2) is 4.98 Å². The Kier molecular flexibility index (Phi) is 3.14. The summed E-state index contributed by atoms with van der Waals surface area (Å²) in [6, 6.07) is 8.44. The molecule has 0 aromatic carbocycles. The van der Waals surface area contributed by atoms with Crippen LogP contribution in [0.4, 0.5) is 11.5 Å². The van der Waals surface area contributed by atoms with Gasteiger partial charge in [0.15, 0.2) is 0 Å². The van der Waals surface area contributed by atoms with E-state index in [2.05, 4.69) is 4.98 Å². The van der Waals surface area contributed by atoms with Crippen molar-refractivity contribution in [3.05, 3.63) is 62.7 Å². The maximum Gasteiger partial charge on any atom is 0.311 e. The topological polar surface area (TPSA) is 81.3 Å². The van der Waals surface area contributed by atoms with Crippen molar-refractivity contribution in [3.8, 4) is 0 Å². The quantitative estimate of drug-likeness (QED) is 0.623. The molecule has 2 aliphatic rings. The van der Waals surface area contributed by atoms with Gasteiger partial charge >= 0.3 is 5.69 Å². The molecule has 2 aromatic rings. The zero-order valence-electron chi connectivity index (χ0n) is 12.5. The van der Waals surface area contributed by atoms with Crippen molar-refractivity contribution in [2.75, 3.05) is 18.0 Å². The number of hydrogen-bond acceptors (Lipinski definition) is 5. The van der Waals surface area contributed by atoms with E-state index in [1.807, 2.05) is 15.5 Å². The highest BCUT2D eigenvalue weighted by molar-refractivity contribution is 5.58. The SMILES string of the molecule is O=c1cccc2n1CC1CC2CN(c2ncccc2[N+](=O)[O-])C1. The van der Waals surface area contributed by atoms with Gasteiger partial charge in [-0.15, -0.1) is 0 Å². The standard InChI is InChI=1S/C16H16N4O3/c21-15-5-1-3-13-12-7-11(9-19(13)15)8-18(10-12)16-14(20(22)23)4-2-6-17-16/h1-6,11-12H,7-10H2. The van der Waals surface area contributed by atoms with Gasteiger partial charge in [0.2, 0.25) is 5.82 Å². The molecular weight excluding hydrogens is 296 g/mol. The molecule has 4 rings (SSSR count). The van der Waals surface area contributed by atoms with Gasteiger partial charge in [-0.1, -0.05) is 6.07 Å². The number of hydrogen-bond donors (Lipinski definition) is 0. The van der Waals surface area contributed by atoms with Crippen molar-refractivity contribution in [2.24, 2.45) is 5.92 Å². The van der Waals surface area contributed by atoms with E-state index in [9.17, 15) is 14.9 Å². The zero-order chi connectivity index (χ0) is 16.0. The summed E-state index contributed by atoms with van der Waals surface area (Å²) >= 11 is 0. The summed E-state index contributed by atoms with van der Waals surface area (Å²) in [7, 11) is 0. The summed E-state index contributed by atoms with van der Waals surface area (Å²) in [5.74, 6) is 0.944. The molecule has 7 heteroatoms. The molecule has 2 aromatic heterocycles. The van der Waals surface area contributed by atoms with Crippen molar-refractivity contribution >= 4 is 11.5 Å². The number of aromatic nitrogens is 2. The summed E-state index contributed by atoms with van der Waals surface area (Å²) in [6.45, 7) is 2.01. The molecule has 1 saturated heterocycles. The second-order valence-corrected chi connectivity index (χ2v) is 6.21. The van der Waals surface area contributed by atoms with E-state index < -0.39 is 0 Å². The summed E-state index contributed by atoms with van der Waals surface area (Å²) in [5.41, 5.74) is 1.10. The summed E-state index contributed by atoms with van der Waals surface area (Å²) < 4.78 is 1.85. The third kappa shape index (κ3) is 2.28. The second-order valence-electron chi connectivity index (χ2n) is 6.21. The van der Waals surface area contributed by atoms with Gasteiger partial charge in [0.05, 0.1) is 4.92 Å². The Morgan fingerprint density at radius 1 is 1.17 bits per heavy atom. The van der Waals surface area contributed by atoms with E-state index in [0.717, 1.165) is 12.1 Å². The van der Waals surface area contributed by atoms with Gasteiger partial charge < -0.3 is 9.47 Å². The molecule has 7 nitrogen and oxygen atoms in total. The molecule has 2 bridgehead atoms. The fourth-order valence-electron chi connectivity index (χ4n) is 3.84. The van der Waals surface area contributed by atoms with Crippen LogP contribution in [0, 0.1) is 16.0 Å².